The van der Waals surface area contributed by atoms with Crippen LogP contribution < -0.4 is 20.9 Å². The van der Waals surface area contributed by atoms with Crippen LogP contribution in [0.25, 0.3) is 17.1 Å². The van der Waals surface area contributed by atoms with E-state index in [4.69, 9.17) is 13.9 Å². The predicted octanol–water partition coefficient (Wildman–Crippen LogP) is 5.87. The first-order valence-electron chi connectivity index (χ1n) is 23.0. The van der Waals surface area contributed by atoms with Crippen LogP contribution in [0.5, 0.6) is 0 Å². The Labute approximate surface area is 386 Å². The molecule has 9 rings (SSSR count). The van der Waals surface area contributed by atoms with Gasteiger partial charge in [-0.2, -0.15) is 5.10 Å². The Morgan fingerprint density at radius 3 is 2.48 bits per heavy atom. The Kier molecular flexibility index (Phi) is 14.2. The van der Waals surface area contributed by atoms with E-state index >= 15 is 0 Å². The molecule has 3 aromatic heterocycles. The number of aryl methyl sites for hydroxylation is 1. The van der Waals surface area contributed by atoms with Crippen LogP contribution in [0.1, 0.15) is 82.6 Å². The number of fused-ring (bicyclic) bond motifs is 1. The van der Waals surface area contributed by atoms with Crippen molar-refractivity contribution in [3.8, 4) is 17.1 Å². The Balaban J connectivity index is 0.639. The van der Waals surface area contributed by atoms with Gasteiger partial charge in [-0.1, -0.05) is 12.1 Å². The monoisotopic (exact) mass is 920 g/mol. The number of carbonyl (C=O) groups excluding carboxylic acids is 4. The molecule has 4 amide bonds. The van der Waals surface area contributed by atoms with Crippen molar-refractivity contribution in [2.45, 2.75) is 64.0 Å². The minimum absolute atomic E-state index is 0.0613. The summed E-state index contributed by atoms with van der Waals surface area (Å²) in [6, 6.07) is 16.3. The molecule has 1 saturated carbocycles. The number of pyridine rings is 1. The highest BCUT2D eigenvalue weighted by Gasteiger charge is 2.39. The van der Waals surface area contributed by atoms with Gasteiger partial charge in [0, 0.05) is 81.9 Å². The van der Waals surface area contributed by atoms with E-state index in [1.807, 2.05) is 36.4 Å². The zero-order valence-corrected chi connectivity index (χ0v) is 37.1. The zero-order valence-electron chi connectivity index (χ0n) is 37.1. The van der Waals surface area contributed by atoms with Gasteiger partial charge in [0.05, 0.1) is 37.4 Å². The number of alkyl halides is 2. The Morgan fingerprint density at radius 1 is 0.910 bits per heavy atom. The van der Waals surface area contributed by atoms with Crippen molar-refractivity contribution in [3.63, 3.8) is 0 Å². The van der Waals surface area contributed by atoms with E-state index in [2.05, 4.69) is 46.9 Å². The van der Waals surface area contributed by atoms with Crippen molar-refractivity contribution in [2.75, 3.05) is 81.2 Å². The van der Waals surface area contributed by atoms with Crippen molar-refractivity contribution in [1.82, 2.24) is 34.9 Å². The highest BCUT2D eigenvalue weighted by Crippen LogP contribution is 2.32. The molecule has 3 fully saturated rings. The topological polar surface area (TPSA) is 189 Å². The number of anilines is 3. The second kappa shape index (κ2) is 20.9. The van der Waals surface area contributed by atoms with Gasteiger partial charge >= 0.3 is 0 Å². The third kappa shape index (κ3) is 11.3. The van der Waals surface area contributed by atoms with Crippen LogP contribution in [-0.4, -0.2) is 125 Å². The lowest BCUT2D eigenvalue weighted by Gasteiger charge is -2.36. The molecule has 352 valence electrons. The molecule has 19 heteroatoms. The van der Waals surface area contributed by atoms with E-state index in [9.17, 15) is 28.0 Å². The van der Waals surface area contributed by atoms with Gasteiger partial charge in [-0.05, 0) is 98.0 Å². The first-order chi connectivity index (χ1) is 32.6. The summed E-state index contributed by atoms with van der Waals surface area (Å²) >= 11 is 0. The maximum Gasteiger partial charge on any atom is 0.284 e. The summed E-state index contributed by atoms with van der Waals surface area (Å²) in [7, 11) is 0. The van der Waals surface area contributed by atoms with Gasteiger partial charge in [0.1, 0.15) is 18.1 Å². The normalized spacial score (nSPS) is 17.6. The number of piperidine rings is 1. The summed E-state index contributed by atoms with van der Waals surface area (Å²) in [5.74, 6) is -0.0111. The fourth-order valence-corrected chi connectivity index (χ4v) is 8.56. The average molecular weight is 921 g/mol. The molecule has 4 aliphatic rings. The molecule has 3 aliphatic heterocycles. The molecule has 17 nitrogen and oxygen atoms in total. The predicted molar refractivity (Wildman–Crippen MR) is 243 cm³/mol. The number of nitrogens with one attached hydrogen (secondary N) is 3. The van der Waals surface area contributed by atoms with Crippen molar-refractivity contribution < 1.29 is 41.8 Å². The molecule has 0 spiro atoms. The lowest BCUT2D eigenvalue weighted by Crippen LogP contribution is -2.52. The highest BCUT2D eigenvalue weighted by atomic mass is 19.3. The van der Waals surface area contributed by atoms with E-state index in [0.29, 0.717) is 67.9 Å². The number of imide groups is 1. The third-order valence-electron chi connectivity index (χ3n) is 12.6. The molecule has 1 unspecified atom stereocenters. The summed E-state index contributed by atoms with van der Waals surface area (Å²) in [6.45, 7) is 7.79. The first kappa shape index (κ1) is 45.6. The van der Waals surface area contributed by atoms with Gasteiger partial charge in [-0.3, -0.25) is 29.4 Å². The number of ether oxygens (including phenoxy) is 2. The van der Waals surface area contributed by atoms with E-state index in [-0.39, 0.29) is 35.5 Å². The number of halogens is 2. The molecule has 2 aromatic carbocycles. The summed E-state index contributed by atoms with van der Waals surface area (Å²) in [5, 5.41) is 12.3. The van der Waals surface area contributed by atoms with Gasteiger partial charge in [0.25, 0.3) is 18.2 Å². The van der Waals surface area contributed by atoms with Gasteiger partial charge in [-0.15, -0.1) is 0 Å². The molecule has 3 N–H and O–H groups in total. The smallest absolute Gasteiger partial charge is 0.284 e. The average Bonchev–Trinajstić information content (AvgIpc) is 3.69. The molecular weight excluding hydrogens is 867 g/mol. The molecule has 2 saturated heterocycles. The van der Waals surface area contributed by atoms with E-state index in [0.717, 1.165) is 75.3 Å². The molecule has 0 bridgehead atoms. The largest absolute Gasteiger partial charge is 0.444 e. The SMILES string of the molecule is O=C1CCC(N2Cc3cc(N4CCN(CCOCCOCCCCc5ccc(-n6cc(NC(=O)c7coc(-c8ccnc(NCC9CC9)c8)n7)c(C(F)F)n6)cc5)CC4)ccc3C2=O)C(=O)N1. The number of carbonyl (C=O) groups is 4. The fourth-order valence-electron chi connectivity index (χ4n) is 8.56. The lowest BCUT2D eigenvalue weighted by atomic mass is 10.0. The van der Waals surface area contributed by atoms with E-state index in [1.54, 1.807) is 23.2 Å². The van der Waals surface area contributed by atoms with Crippen LogP contribution in [0.15, 0.2) is 77.7 Å². The Hall–Kier alpha value is -6.57. The van der Waals surface area contributed by atoms with Gasteiger partial charge in [0.2, 0.25) is 17.7 Å². The van der Waals surface area contributed by atoms with Crippen LogP contribution >= 0.6 is 0 Å². The number of unbranched alkanes of at least 4 members (excludes halogenated alkanes) is 1. The van der Waals surface area contributed by atoms with E-state index in [1.165, 1.54) is 30.0 Å². The number of nitrogens with zero attached hydrogens (tertiary/aromatic N) is 7. The number of amides is 4. The van der Waals surface area contributed by atoms with Crippen molar-refractivity contribution in [1.29, 1.82) is 0 Å². The fraction of sp³-hybridized carbons (Fsp3) is 0.438. The zero-order chi connectivity index (χ0) is 46.3. The van der Waals surface area contributed by atoms with Gasteiger partial charge in [0.15, 0.2) is 11.4 Å². The van der Waals surface area contributed by atoms with E-state index < -0.39 is 30.0 Å². The molecule has 0 radical (unpaired) electrons. The first-order valence-corrected chi connectivity index (χ1v) is 23.0. The molecule has 1 atom stereocenters. The van der Waals surface area contributed by atoms with Crippen LogP contribution in [-0.2, 0) is 32.0 Å². The van der Waals surface area contributed by atoms with Crippen molar-refractivity contribution >= 4 is 40.8 Å². The van der Waals surface area contributed by atoms with Crippen LogP contribution in [0.2, 0.25) is 0 Å². The molecular formula is C48H54F2N10O7. The number of piperazine rings is 1. The number of benzene rings is 2. The summed E-state index contributed by atoms with van der Waals surface area (Å²) < 4.78 is 46.7. The molecule has 1 aliphatic carbocycles. The number of rotatable bonds is 21. The molecule has 67 heavy (non-hydrogen) atoms. The summed E-state index contributed by atoms with van der Waals surface area (Å²) in [6.07, 6.45) is 6.86. The Bertz CT molecular complexity index is 2560. The second-order valence-corrected chi connectivity index (χ2v) is 17.3. The summed E-state index contributed by atoms with van der Waals surface area (Å²) in [4.78, 5) is 65.0. The van der Waals surface area contributed by atoms with Crippen molar-refractivity contribution in [3.05, 3.63) is 101 Å². The quantitative estimate of drug-likeness (QED) is 0.0586. The van der Waals surface area contributed by atoms with Gasteiger partial charge in [-0.25, -0.2) is 23.4 Å². The standard InChI is InChI=1S/C48H54F2N10O7/c49-44(50)43-38(53-45(62)39-30-67-47(54-39)33-14-15-51-41(26-33)52-27-32-4-5-32)29-60(56-43)35-8-6-31(7-9-35)3-1-2-21-65-23-24-66-22-20-57-16-18-58(19-17-57)36-10-11-37-34(25-36)28-59(48(37)64)40-12-13-42(61)55-46(40)63/h6-11,14-15,25-26,29-30,32,40,44H,1-5,12-13,16-24,27-28H2,(H,51,52)(H,53,62)(H,55,61,63). The minimum Gasteiger partial charge on any atom is -0.444 e. The second-order valence-electron chi connectivity index (χ2n) is 17.3. The molecule has 6 heterocycles. The van der Waals surface area contributed by atoms with Crippen LogP contribution in [0, 0.1) is 5.92 Å². The summed E-state index contributed by atoms with van der Waals surface area (Å²) in [5.41, 5.74) is 4.14. The van der Waals surface area contributed by atoms with Crippen molar-refractivity contribution in [2.24, 2.45) is 5.92 Å². The Morgan fingerprint density at radius 2 is 1.70 bits per heavy atom. The number of oxazole rings is 1. The molecule has 5 aromatic rings. The highest BCUT2D eigenvalue weighted by molar-refractivity contribution is 6.05. The minimum atomic E-state index is -2.92. The van der Waals surface area contributed by atoms with Gasteiger partial charge < -0.3 is 34.3 Å². The lowest BCUT2D eigenvalue weighted by molar-refractivity contribution is -0.136. The third-order valence-corrected chi connectivity index (χ3v) is 12.6. The van der Waals surface area contributed by atoms with Crippen LogP contribution in [0.3, 0.4) is 0 Å². The number of hydrogen-bond acceptors (Lipinski definition) is 13. The van der Waals surface area contributed by atoms with Crippen LogP contribution in [0.4, 0.5) is 26.0 Å². The maximum atomic E-state index is 14.1. The maximum absolute atomic E-state index is 14.1. The number of aromatic nitrogens is 4. The number of hydrogen-bond donors (Lipinski definition) is 3.